The highest BCUT2D eigenvalue weighted by Crippen LogP contribution is 2.32. The van der Waals surface area contributed by atoms with Crippen LogP contribution in [0, 0.1) is 5.82 Å². The van der Waals surface area contributed by atoms with Crippen LogP contribution in [0.5, 0.6) is 0 Å². The summed E-state index contributed by atoms with van der Waals surface area (Å²) < 4.78 is 13.3. The Labute approximate surface area is 111 Å². The first kappa shape index (κ1) is 14.7. The molecule has 1 aromatic rings. The highest BCUT2D eigenvalue weighted by atomic mass is 35.5. The van der Waals surface area contributed by atoms with Crippen LogP contribution in [-0.2, 0) is 0 Å². The summed E-state index contributed by atoms with van der Waals surface area (Å²) in [5.74, 6) is -0.477. The van der Waals surface area contributed by atoms with Gasteiger partial charge in [-0.1, -0.05) is 23.2 Å². The van der Waals surface area contributed by atoms with Crippen molar-refractivity contribution in [2.75, 3.05) is 6.61 Å². The largest absolute Gasteiger partial charge is 0.396 e. The van der Waals surface area contributed by atoms with Crippen LogP contribution in [-0.4, -0.2) is 17.8 Å². The standard InChI is InChI=1S/C12H16Cl2FNO/c1-7(5-6-17)16-8(2)11-9(13)3-4-10(15)12(11)14/h3-4,7-8,16-17H,5-6H2,1-2H3. The van der Waals surface area contributed by atoms with Gasteiger partial charge in [-0.25, -0.2) is 4.39 Å². The van der Waals surface area contributed by atoms with E-state index in [0.717, 1.165) is 0 Å². The number of nitrogens with one attached hydrogen (secondary N) is 1. The lowest BCUT2D eigenvalue weighted by atomic mass is 10.1. The fraction of sp³-hybridized carbons (Fsp3) is 0.500. The molecule has 2 N–H and O–H groups in total. The molecule has 0 amide bonds. The number of rotatable bonds is 5. The zero-order valence-corrected chi connectivity index (χ0v) is 11.3. The monoisotopic (exact) mass is 279 g/mol. The van der Waals surface area contributed by atoms with Crippen LogP contribution in [0.4, 0.5) is 4.39 Å². The lowest BCUT2D eigenvalue weighted by Gasteiger charge is -2.21. The Bertz CT molecular complexity index is 387. The summed E-state index contributed by atoms with van der Waals surface area (Å²) in [4.78, 5) is 0. The van der Waals surface area contributed by atoms with Gasteiger partial charge < -0.3 is 10.4 Å². The molecule has 5 heteroatoms. The third-order valence-corrected chi connectivity index (χ3v) is 3.32. The van der Waals surface area contributed by atoms with Gasteiger partial charge in [-0.2, -0.15) is 0 Å². The first-order valence-electron chi connectivity index (χ1n) is 5.47. The number of halogens is 3. The van der Waals surface area contributed by atoms with Crippen molar-refractivity contribution in [2.24, 2.45) is 0 Å². The van der Waals surface area contributed by atoms with Crippen LogP contribution in [0.15, 0.2) is 12.1 Å². The number of hydrogen-bond acceptors (Lipinski definition) is 2. The molecule has 0 aliphatic carbocycles. The highest BCUT2D eigenvalue weighted by molar-refractivity contribution is 6.36. The molecule has 0 fully saturated rings. The Morgan fingerprint density at radius 2 is 2.00 bits per heavy atom. The molecular weight excluding hydrogens is 264 g/mol. The summed E-state index contributed by atoms with van der Waals surface area (Å²) in [5, 5.41) is 12.5. The van der Waals surface area contributed by atoms with Gasteiger partial charge in [0.05, 0.1) is 5.02 Å². The van der Waals surface area contributed by atoms with Gasteiger partial charge in [0.2, 0.25) is 0 Å². The quantitative estimate of drug-likeness (QED) is 0.808. The smallest absolute Gasteiger partial charge is 0.142 e. The molecule has 0 radical (unpaired) electrons. The van der Waals surface area contributed by atoms with Gasteiger partial charge in [0.1, 0.15) is 5.82 Å². The Balaban J connectivity index is 2.88. The summed E-state index contributed by atoms with van der Waals surface area (Å²) in [6, 6.07) is 2.67. The Morgan fingerprint density at radius 3 is 2.59 bits per heavy atom. The van der Waals surface area contributed by atoms with Crippen molar-refractivity contribution in [3.8, 4) is 0 Å². The van der Waals surface area contributed by atoms with Crippen LogP contribution in [0.25, 0.3) is 0 Å². The first-order chi connectivity index (χ1) is 7.97. The normalized spacial score (nSPS) is 14.7. The fourth-order valence-corrected chi connectivity index (χ4v) is 2.42. The van der Waals surface area contributed by atoms with Crippen LogP contribution >= 0.6 is 23.2 Å². The molecule has 1 aromatic carbocycles. The molecule has 0 heterocycles. The summed E-state index contributed by atoms with van der Waals surface area (Å²) in [6.45, 7) is 3.90. The summed E-state index contributed by atoms with van der Waals surface area (Å²) in [5.41, 5.74) is 0.554. The second kappa shape index (κ2) is 6.55. The summed E-state index contributed by atoms with van der Waals surface area (Å²) >= 11 is 11.9. The minimum Gasteiger partial charge on any atom is -0.396 e. The Kier molecular flexibility index (Phi) is 5.67. The van der Waals surface area contributed by atoms with Crippen LogP contribution in [0.2, 0.25) is 10.0 Å². The molecule has 0 aliphatic heterocycles. The van der Waals surface area contributed by atoms with E-state index >= 15 is 0 Å². The molecular formula is C12H16Cl2FNO. The predicted octanol–water partition coefficient (Wildman–Crippen LogP) is 3.55. The molecule has 2 nitrogen and oxygen atoms in total. The van der Waals surface area contributed by atoms with Gasteiger partial charge in [-0.15, -0.1) is 0 Å². The second-order valence-electron chi connectivity index (χ2n) is 4.06. The molecule has 0 saturated heterocycles. The molecule has 1 rings (SSSR count). The van der Waals surface area contributed by atoms with Crippen molar-refractivity contribution >= 4 is 23.2 Å². The average molecular weight is 280 g/mol. The predicted molar refractivity (Wildman–Crippen MR) is 69.1 cm³/mol. The zero-order chi connectivity index (χ0) is 13.0. The first-order valence-corrected chi connectivity index (χ1v) is 6.23. The maximum Gasteiger partial charge on any atom is 0.142 e. The van der Waals surface area contributed by atoms with Crippen LogP contribution < -0.4 is 5.32 Å². The molecule has 0 aliphatic rings. The summed E-state index contributed by atoms with van der Waals surface area (Å²) in [7, 11) is 0. The van der Waals surface area contributed by atoms with E-state index in [1.54, 1.807) is 0 Å². The van der Waals surface area contributed by atoms with Gasteiger partial charge >= 0.3 is 0 Å². The zero-order valence-electron chi connectivity index (χ0n) is 9.80. The number of aliphatic hydroxyl groups excluding tert-OH is 1. The van der Waals surface area contributed by atoms with E-state index in [4.69, 9.17) is 28.3 Å². The van der Waals surface area contributed by atoms with E-state index in [-0.39, 0.29) is 23.7 Å². The van der Waals surface area contributed by atoms with Gasteiger partial charge in [0.15, 0.2) is 0 Å². The van der Waals surface area contributed by atoms with E-state index in [1.807, 2.05) is 13.8 Å². The number of hydrogen-bond donors (Lipinski definition) is 2. The molecule has 96 valence electrons. The Hall–Kier alpha value is -0.350. The third kappa shape index (κ3) is 3.81. The topological polar surface area (TPSA) is 32.3 Å². The van der Waals surface area contributed by atoms with Crippen LogP contribution in [0.1, 0.15) is 31.9 Å². The van der Waals surface area contributed by atoms with E-state index in [1.165, 1.54) is 12.1 Å². The summed E-state index contributed by atoms with van der Waals surface area (Å²) in [6.07, 6.45) is 0.620. The lowest BCUT2D eigenvalue weighted by Crippen LogP contribution is -2.30. The van der Waals surface area contributed by atoms with E-state index in [2.05, 4.69) is 5.32 Å². The maximum atomic E-state index is 13.3. The number of aliphatic hydroxyl groups is 1. The molecule has 0 saturated carbocycles. The molecule has 17 heavy (non-hydrogen) atoms. The van der Waals surface area contributed by atoms with E-state index in [9.17, 15) is 4.39 Å². The second-order valence-corrected chi connectivity index (χ2v) is 4.84. The van der Waals surface area contributed by atoms with Crippen molar-refractivity contribution in [3.05, 3.63) is 33.6 Å². The minimum atomic E-state index is -0.477. The van der Waals surface area contributed by atoms with Gasteiger partial charge in [0, 0.05) is 29.3 Å². The number of benzene rings is 1. The lowest BCUT2D eigenvalue weighted by molar-refractivity contribution is 0.264. The molecule has 2 unspecified atom stereocenters. The van der Waals surface area contributed by atoms with E-state index in [0.29, 0.717) is 17.0 Å². The van der Waals surface area contributed by atoms with Crippen molar-refractivity contribution in [3.63, 3.8) is 0 Å². The third-order valence-electron chi connectivity index (χ3n) is 2.61. The van der Waals surface area contributed by atoms with Gasteiger partial charge in [-0.05, 0) is 32.4 Å². The minimum absolute atomic E-state index is 0.0497. The average Bonchev–Trinajstić information content (AvgIpc) is 2.24. The van der Waals surface area contributed by atoms with Crippen molar-refractivity contribution in [1.29, 1.82) is 0 Å². The molecule has 0 spiro atoms. The Morgan fingerprint density at radius 1 is 1.35 bits per heavy atom. The maximum absolute atomic E-state index is 13.3. The highest BCUT2D eigenvalue weighted by Gasteiger charge is 2.18. The van der Waals surface area contributed by atoms with Gasteiger partial charge in [0.25, 0.3) is 0 Å². The van der Waals surface area contributed by atoms with Gasteiger partial charge in [-0.3, -0.25) is 0 Å². The molecule has 0 aromatic heterocycles. The molecule has 0 bridgehead atoms. The fourth-order valence-electron chi connectivity index (χ4n) is 1.73. The van der Waals surface area contributed by atoms with Crippen LogP contribution in [0.3, 0.4) is 0 Å². The van der Waals surface area contributed by atoms with Crippen molar-refractivity contribution < 1.29 is 9.50 Å². The van der Waals surface area contributed by atoms with Crippen molar-refractivity contribution in [1.82, 2.24) is 5.32 Å². The molecule has 2 atom stereocenters. The SMILES string of the molecule is CC(CCO)NC(C)c1c(Cl)ccc(F)c1Cl. The van der Waals surface area contributed by atoms with Crippen molar-refractivity contribution in [2.45, 2.75) is 32.4 Å². The van der Waals surface area contributed by atoms with E-state index < -0.39 is 5.82 Å².